The SMILES string of the molecule is NC(=S)c1cc(Br)ccc1NCC1CCCO1. The Labute approximate surface area is 115 Å². The van der Waals surface area contributed by atoms with Gasteiger partial charge in [0.1, 0.15) is 4.99 Å². The fraction of sp³-hybridized carbons (Fsp3) is 0.417. The number of benzene rings is 1. The molecule has 2 rings (SSSR count). The van der Waals surface area contributed by atoms with Crippen molar-refractivity contribution in [3.05, 3.63) is 28.2 Å². The molecule has 1 aromatic carbocycles. The zero-order valence-electron chi connectivity index (χ0n) is 9.41. The Hall–Kier alpha value is -0.650. The minimum absolute atomic E-state index is 0.304. The average molecular weight is 315 g/mol. The Morgan fingerprint density at radius 2 is 2.41 bits per heavy atom. The van der Waals surface area contributed by atoms with Crippen molar-refractivity contribution < 1.29 is 4.74 Å². The van der Waals surface area contributed by atoms with E-state index in [4.69, 9.17) is 22.7 Å². The van der Waals surface area contributed by atoms with Crippen LogP contribution >= 0.6 is 28.1 Å². The van der Waals surface area contributed by atoms with E-state index in [1.807, 2.05) is 18.2 Å². The average Bonchev–Trinajstić information content (AvgIpc) is 2.80. The van der Waals surface area contributed by atoms with Crippen LogP contribution in [0, 0.1) is 0 Å². The second-order valence-electron chi connectivity index (χ2n) is 4.07. The van der Waals surface area contributed by atoms with Gasteiger partial charge in [-0.3, -0.25) is 0 Å². The van der Waals surface area contributed by atoms with Crippen molar-refractivity contribution >= 4 is 38.8 Å². The molecule has 1 saturated heterocycles. The quantitative estimate of drug-likeness (QED) is 0.839. The Balaban J connectivity index is 2.06. The maximum atomic E-state index is 5.71. The summed E-state index contributed by atoms with van der Waals surface area (Å²) < 4.78 is 6.54. The normalized spacial score (nSPS) is 19.2. The molecule has 17 heavy (non-hydrogen) atoms. The number of halogens is 1. The highest BCUT2D eigenvalue weighted by atomic mass is 79.9. The van der Waals surface area contributed by atoms with Gasteiger partial charge in [-0.1, -0.05) is 28.1 Å². The zero-order chi connectivity index (χ0) is 12.3. The van der Waals surface area contributed by atoms with Gasteiger partial charge < -0.3 is 15.8 Å². The lowest BCUT2D eigenvalue weighted by atomic mass is 10.1. The molecule has 1 atom stereocenters. The highest BCUT2D eigenvalue weighted by molar-refractivity contribution is 9.10. The molecular formula is C12H15BrN2OS. The summed E-state index contributed by atoms with van der Waals surface area (Å²) >= 11 is 8.46. The molecule has 1 aliphatic heterocycles. The van der Waals surface area contributed by atoms with E-state index in [2.05, 4.69) is 21.2 Å². The number of hydrogen-bond donors (Lipinski definition) is 2. The van der Waals surface area contributed by atoms with Crippen LogP contribution in [0.25, 0.3) is 0 Å². The fourth-order valence-corrected chi connectivity index (χ4v) is 2.43. The van der Waals surface area contributed by atoms with E-state index in [0.717, 1.165) is 41.7 Å². The molecule has 1 aromatic rings. The summed E-state index contributed by atoms with van der Waals surface area (Å²) in [6.45, 7) is 1.67. The van der Waals surface area contributed by atoms with Gasteiger partial charge in [-0.25, -0.2) is 0 Å². The van der Waals surface area contributed by atoms with Gasteiger partial charge in [0.2, 0.25) is 0 Å². The molecule has 1 fully saturated rings. The first-order chi connectivity index (χ1) is 8.16. The number of ether oxygens (including phenoxy) is 1. The summed E-state index contributed by atoms with van der Waals surface area (Å²) in [5, 5.41) is 3.35. The molecule has 92 valence electrons. The third kappa shape index (κ3) is 3.40. The predicted octanol–water partition coefficient (Wildman–Crippen LogP) is 2.67. The minimum Gasteiger partial charge on any atom is -0.389 e. The van der Waals surface area contributed by atoms with Gasteiger partial charge in [0.25, 0.3) is 0 Å². The molecule has 1 heterocycles. The number of hydrogen-bond acceptors (Lipinski definition) is 3. The fourth-order valence-electron chi connectivity index (χ4n) is 1.90. The molecule has 0 aliphatic carbocycles. The first kappa shape index (κ1) is 12.8. The number of rotatable bonds is 4. The molecule has 0 bridgehead atoms. The first-order valence-electron chi connectivity index (χ1n) is 5.61. The lowest BCUT2D eigenvalue weighted by Crippen LogP contribution is -2.20. The smallest absolute Gasteiger partial charge is 0.106 e. The standard InChI is InChI=1S/C12H15BrN2OS/c13-8-3-4-11(10(6-8)12(14)17)15-7-9-2-1-5-16-9/h3-4,6,9,15H,1-2,5,7H2,(H2,14,17). The molecule has 1 unspecified atom stereocenters. The highest BCUT2D eigenvalue weighted by Gasteiger charge is 2.15. The molecule has 0 spiro atoms. The Bertz CT molecular complexity index is 419. The monoisotopic (exact) mass is 314 g/mol. The summed E-state index contributed by atoms with van der Waals surface area (Å²) in [6.07, 6.45) is 2.57. The van der Waals surface area contributed by atoms with Crippen LogP contribution in [0.4, 0.5) is 5.69 Å². The van der Waals surface area contributed by atoms with E-state index in [1.54, 1.807) is 0 Å². The summed E-state index contributed by atoms with van der Waals surface area (Å²) in [6, 6.07) is 5.88. The van der Waals surface area contributed by atoms with Crippen LogP contribution in [-0.4, -0.2) is 24.2 Å². The first-order valence-corrected chi connectivity index (χ1v) is 6.82. The van der Waals surface area contributed by atoms with Crippen molar-refractivity contribution in [1.29, 1.82) is 0 Å². The molecule has 0 saturated carbocycles. The van der Waals surface area contributed by atoms with Crippen molar-refractivity contribution in [3.8, 4) is 0 Å². The largest absolute Gasteiger partial charge is 0.389 e. The third-order valence-corrected chi connectivity index (χ3v) is 3.50. The van der Waals surface area contributed by atoms with E-state index in [9.17, 15) is 0 Å². The van der Waals surface area contributed by atoms with Gasteiger partial charge in [0.15, 0.2) is 0 Å². The molecule has 0 aromatic heterocycles. The summed E-state index contributed by atoms with van der Waals surface area (Å²) in [4.78, 5) is 0.404. The van der Waals surface area contributed by atoms with Gasteiger partial charge in [-0.15, -0.1) is 0 Å². The lowest BCUT2D eigenvalue weighted by molar-refractivity contribution is 0.120. The van der Waals surface area contributed by atoms with E-state index in [-0.39, 0.29) is 0 Å². The van der Waals surface area contributed by atoms with E-state index < -0.39 is 0 Å². The Kier molecular flexibility index (Phi) is 4.36. The van der Waals surface area contributed by atoms with E-state index in [0.29, 0.717) is 11.1 Å². The number of nitrogens with one attached hydrogen (secondary N) is 1. The highest BCUT2D eigenvalue weighted by Crippen LogP contribution is 2.22. The molecular weight excluding hydrogens is 300 g/mol. The molecule has 1 aliphatic rings. The van der Waals surface area contributed by atoms with Crippen LogP contribution in [-0.2, 0) is 4.74 Å². The molecule has 3 N–H and O–H groups in total. The van der Waals surface area contributed by atoms with Crippen molar-refractivity contribution in [2.45, 2.75) is 18.9 Å². The van der Waals surface area contributed by atoms with Crippen LogP contribution in [0.3, 0.4) is 0 Å². The molecule has 0 radical (unpaired) electrons. The van der Waals surface area contributed by atoms with E-state index in [1.165, 1.54) is 0 Å². The molecule has 5 heteroatoms. The van der Waals surface area contributed by atoms with Crippen LogP contribution < -0.4 is 11.1 Å². The zero-order valence-corrected chi connectivity index (χ0v) is 11.8. The summed E-state index contributed by atoms with van der Waals surface area (Å²) in [7, 11) is 0. The number of anilines is 1. The predicted molar refractivity (Wildman–Crippen MR) is 77.5 cm³/mol. The van der Waals surface area contributed by atoms with Crippen LogP contribution in [0.1, 0.15) is 18.4 Å². The van der Waals surface area contributed by atoms with Gasteiger partial charge in [0.05, 0.1) is 6.10 Å². The van der Waals surface area contributed by atoms with E-state index >= 15 is 0 Å². The molecule has 3 nitrogen and oxygen atoms in total. The van der Waals surface area contributed by atoms with Crippen LogP contribution in [0.2, 0.25) is 0 Å². The van der Waals surface area contributed by atoms with Crippen molar-refractivity contribution in [2.75, 3.05) is 18.5 Å². The number of thiocarbonyl (C=S) groups is 1. The molecule has 0 amide bonds. The second-order valence-corrected chi connectivity index (χ2v) is 5.43. The third-order valence-electron chi connectivity index (χ3n) is 2.79. The van der Waals surface area contributed by atoms with Gasteiger partial charge in [0, 0.05) is 28.9 Å². The maximum absolute atomic E-state index is 5.71. The van der Waals surface area contributed by atoms with Gasteiger partial charge in [-0.2, -0.15) is 0 Å². The van der Waals surface area contributed by atoms with Crippen LogP contribution in [0.15, 0.2) is 22.7 Å². The Morgan fingerprint density at radius 1 is 1.59 bits per heavy atom. The van der Waals surface area contributed by atoms with Gasteiger partial charge in [-0.05, 0) is 31.0 Å². The Morgan fingerprint density at radius 3 is 3.06 bits per heavy atom. The van der Waals surface area contributed by atoms with Crippen molar-refractivity contribution in [3.63, 3.8) is 0 Å². The van der Waals surface area contributed by atoms with Crippen molar-refractivity contribution in [2.24, 2.45) is 5.73 Å². The maximum Gasteiger partial charge on any atom is 0.106 e. The summed E-state index contributed by atoms with van der Waals surface area (Å²) in [5.41, 5.74) is 7.54. The van der Waals surface area contributed by atoms with Crippen LogP contribution in [0.5, 0.6) is 0 Å². The number of nitrogens with two attached hydrogens (primary N) is 1. The second kappa shape index (κ2) is 5.80. The van der Waals surface area contributed by atoms with Gasteiger partial charge >= 0.3 is 0 Å². The lowest BCUT2D eigenvalue weighted by Gasteiger charge is -2.15. The van der Waals surface area contributed by atoms with Crippen molar-refractivity contribution in [1.82, 2.24) is 0 Å². The summed E-state index contributed by atoms with van der Waals surface area (Å²) in [5.74, 6) is 0. The minimum atomic E-state index is 0.304. The topological polar surface area (TPSA) is 47.3 Å².